The van der Waals surface area contributed by atoms with Crippen molar-refractivity contribution in [3.05, 3.63) is 40.7 Å². The molecule has 1 atom stereocenters. The van der Waals surface area contributed by atoms with Crippen molar-refractivity contribution < 1.29 is 18.3 Å². The van der Waals surface area contributed by atoms with Gasteiger partial charge in [0.2, 0.25) is 0 Å². The van der Waals surface area contributed by atoms with Gasteiger partial charge in [-0.15, -0.1) is 5.10 Å². The number of aromatic nitrogens is 4. The van der Waals surface area contributed by atoms with Crippen molar-refractivity contribution in [3.63, 3.8) is 0 Å². The maximum Gasteiger partial charge on any atom is 0.352 e. The van der Waals surface area contributed by atoms with Gasteiger partial charge < -0.3 is 4.74 Å². The van der Waals surface area contributed by atoms with Gasteiger partial charge in [-0.05, 0) is 37.0 Å². The quantitative estimate of drug-likeness (QED) is 0.654. The minimum Gasteiger partial charge on any atom is -0.450 e. The third-order valence-electron chi connectivity index (χ3n) is 3.54. The smallest absolute Gasteiger partial charge is 0.352 e. The van der Waals surface area contributed by atoms with E-state index in [2.05, 4.69) is 14.6 Å². The van der Waals surface area contributed by atoms with E-state index < -0.39 is 18.6 Å². The molecule has 1 unspecified atom stereocenters. The van der Waals surface area contributed by atoms with Crippen molar-refractivity contribution in [1.29, 1.82) is 0 Å². The van der Waals surface area contributed by atoms with Crippen LogP contribution in [0.3, 0.4) is 0 Å². The molecule has 3 rings (SSSR count). The molecule has 0 radical (unpaired) electrons. The first-order chi connectivity index (χ1) is 11.5. The van der Waals surface area contributed by atoms with Crippen LogP contribution in [0.15, 0.2) is 24.3 Å². The monoisotopic (exact) mass is 352 g/mol. The molecule has 0 fully saturated rings. The molecule has 24 heavy (non-hydrogen) atoms. The summed E-state index contributed by atoms with van der Waals surface area (Å²) >= 11 is 0.924. The number of benzene rings is 1. The molecule has 0 saturated heterocycles. The van der Waals surface area contributed by atoms with E-state index in [1.807, 2.05) is 6.92 Å². The maximum atomic E-state index is 13.4. The van der Waals surface area contributed by atoms with Crippen LogP contribution in [0.2, 0.25) is 0 Å². The van der Waals surface area contributed by atoms with Gasteiger partial charge in [0.15, 0.2) is 16.8 Å². The number of imidazole rings is 1. The van der Waals surface area contributed by atoms with Gasteiger partial charge in [-0.3, -0.25) is 4.57 Å². The second-order valence-electron chi connectivity index (χ2n) is 5.06. The van der Waals surface area contributed by atoms with Crippen LogP contribution in [0, 0.1) is 0 Å². The number of esters is 1. The zero-order chi connectivity index (χ0) is 17.3. The van der Waals surface area contributed by atoms with Gasteiger partial charge in [0, 0.05) is 0 Å². The third kappa shape index (κ3) is 2.86. The van der Waals surface area contributed by atoms with Crippen LogP contribution in [0.5, 0.6) is 0 Å². The van der Waals surface area contributed by atoms with Gasteiger partial charge in [-0.25, -0.2) is 9.78 Å². The minimum absolute atomic E-state index is 0.00456. The number of fused-ring (bicyclic) bond motifs is 1. The predicted octanol–water partition coefficient (Wildman–Crippen LogP) is 3.76. The topological polar surface area (TPSA) is 69.9 Å². The standard InChI is InChI=1S/C15H14F2N4O2S/c1-3-9-12(24-20-19-9)14(22)23-8(2)13-18-10-6-4-5-7-11(10)21(13)15(16)17/h4-8,15H,3H2,1-2H3. The fourth-order valence-corrected chi connectivity index (χ4v) is 3.05. The first-order valence-electron chi connectivity index (χ1n) is 7.30. The highest BCUT2D eigenvalue weighted by atomic mass is 32.1. The number of hydrogen-bond acceptors (Lipinski definition) is 6. The molecule has 0 spiro atoms. The van der Waals surface area contributed by atoms with Crippen molar-refractivity contribution in [2.75, 3.05) is 0 Å². The summed E-state index contributed by atoms with van der Waals surface area (Å²) in [6.07, 6.45) is -0.407. The second kappa shape index (κ2) is 6.60. The first-order valence-corrected chi connectivity index (χ1v) is 8.07. The fraction of sp³-hybridized carbons (Fsp3) is 0.333. The molecule has 6 nitrogen and oxygen atoms in total. The zero-order valence-corrected chi connectivity index (χ0v) is 13.8. The Bertz CT molecular complexity index is 877. The largest absolute Gasteiger partial charge is 0.450 e. The van der Waals surface area contributed by atoms with E-state index in [-0.39, 0.29) is 10.7 Å². The molecule has 0 aliphatic heterocycles. The molecule has 126 valence electrons. The lowest BCUT2D eigenvalue weighted by Gasteiger charge is -2.14. The van der Waals surface area contributed by atoms with Crippen molar-refractivity contribution in [3.8, 4) is 0 Å². The number of para-hydroxylation sites is 2. The van der Waals surface area contributed by atoms with Gasteiger partial charge in [0.1, 0.15) is 0 Å². The van der Waals surface area contributed by atoms with Gasteiger partial charge in [-0.2, -0.15) is 8.78 Å². The predicted molar refractivity (Wildman–Crippen MR) is 84.1 cm³/mol. The Morgan fingerprint density at radius 2 is 2.12 bits per heavy atom. The van der Waals surface area contributed by atoms with Crippen molar-refractivity contribution in [2.24, 2.45) is 0 Å². The van der Waals surface area contributed by atoms with E-state index in [4.69, 9.17) is 4.74 Å². The summed E-state index contributed by atoms with van der Waals surface area (Å²) in [6.45, 7) is 0.565. The molecule has 0 N–H and O–H groups in total. The van der Waals surface area contributed by atoms with Crippen LogP contribution in [0.25, 0.3) is 11.0 Å². The number of halogens is 2. The molecule has 3 aromatic rings. The molecule has 2 aromatic heterocycles. The lowest BCUT2D eigenvalue weighted by molar-refractivity contribution is 0.0237. The summed E-state index contributed by atoms with van der Waals surface area (Å²) in [4.78, 5) is 16.7. The first kappa shape index (κ1) is 16.4. The lowest BCUT2D eigenvalue weighted by Crippen LogP contribution is -2.15. The summed E-state index contributed by atoms with van der Waals surface area (Å²) in [7, 11) is 0. The van der Waals surface area contributed by atoms with E-state index in [1.54, 1.807) is 24.3 Å². The Morgan fingerprint density at radius 1 is 1.38 bits per heavy atom. The number of ether oxygens (including phenoxy) is 1. The zero-order valence-electron chi connectivity index (χ0n) is 12.9. The molecule has 1 aromatic carbocycles. The molecular formula is C15H14F2N4O2S. The van der Waals surface area contributed by atoms with E-state index in [0.717, 1.165) is 16.1 Å². The van der Waals surface area contributed by atoms with Crippen molar-refractivity contribution in [2.45, 2.75) is 32.9 Å². The van der Waals surface area contributed by atoms with E-state index in [1.165, 1.54) is 6.92 Å². The number of alkyl halides is 2. The Balaban J connectivity index is 1.93. The maximum absolute atomic E-state index is 13.4. The Kier molecular flexibility index (Phi) is 4.52. The van der Waals surface area contributed by atoms with E-state index in [0.29, 0.717) is 23.1 Å². The number of rotatable bonds is 5. The van der Waals surface area contributed by atoms with E-state index >= 15 is 0 Å². The van der Waals surface area contributed by atoms with Crippen LogP contribution in [-0.2, 0) is 11.2 Å². The summed E-state index contributed by atoms with van der Waals surface area (Å²) in [5, 5.41) is 3.84. The highest BCUT2D eigenvalue weighted by Gasteiger charge is 2.26. The molecule has 0 aliphatic rings. The second-order valence-corrected chi connectivity index (χ2v) is 5.81. The fourth-order valence-electron chi connectivity index (χ4n) is 2.42. The Hall–Kier alpha value is -2.42. The average Bonchev–Trinajstić information content (AvgIpc) is 3.18. The molecule has 2 heterocycles. The molecule has 0 amide bonds. The van der Waals surface area contributed by atoms with Crippen LogP contribution >= 0.6 is 11.5 Å². The summed E-state index contributed by atoms with van der Waals surface area (Å²) < 4.78 is 36.7. The van der Waals surface area contributed by atoms with Gasteiger partial charge >= 0.3 is 12.5 Å². The van der Waals surface area contributed by atoms with Crippen molar-refractivity contribution >= 4 is 28.5 Å². The summed E-state index contributed by atoms with van der Waals surface area (Å²) in [5.74, 6) is -0.641. The van der Waals surface area contributed by atoms with Crippen LogP contribution in [-0.4, -0.2) is 25.1 Å². The summed E-state index contributed by atoms with van der Waals surface area (Å²) in [5.41, 5.74) is 1.24. The van der Waals surface area contributed by atoms with Gasteiger partial charge in [0.25, 0.3) is 0 Å². The van der Waals surface area contributed by atoms with Crippen LogP contribution < -0.4 is 0 Å². The van der Waals surface area contributed by atoms with E-state index in [9.17, 15) is 13.6 Å². The SMILES string of the molecule is CCc1nnsc1C(=O)OC(C)c1nc2ccccc2n1C(F)F. The third-order valence-corrected chi connectivity index (χ3v) is 4.29. The molecule has 0 saturated carbocycles. The molecule has 0 aliphatic carbocycles. The summed E-state index contributed by atoms with van der Waals surface area (Å²) in [6, 6.07) is 6.55. The normalized spacial score (nSPS) is 12.7. The molecule has 0 bridgehead atoms. The number of hydrogen-bond donors (Lipinski definition) is 0. The van der Waals surface area contributed by atoms with Crippen LogP contribution in [0.1, 0.15) is 47.7 Å². The lowest BCUT2D eigenvalue weighted by atomic mass is 10.3. The highest BCUT2D eigenvalue weighted by molar-refractivity contribution is 7.07. The Labute approximate surface area is 140 Å². The average molecular weight is 352 g/mol. The minimum atomic E-state index is -2.79. The molecule has 9 heteroatoms. The number of carbonyl (C=O) groups is 1. The number of nitrogens with zero attached hydrogens (tertiary/aromatic N) is 4. The van der Waals surface area contributed by atoms with Crippen LogP contribution in [0.4, 0.5) is 8.78 Å². The van der Waals surface area contributed by atoms with Gasteiger partial charge in [-0.1, -0.05) is 23.5 Å². The Morgan fingerprint density at radius 3 is 2.83 bits per heavy atom. The highest BCUT2D eigenvalue weighted by Crippen LogP contribution is 2.29. The molecular weight excluding hydrogens is 338 g/mol. The number of carbonyl (C=O) groups excluding carboxylic acids is 1. The van der Waals surface area contributed by atoms with Crippen molar-refractivity contribution in [1.82, 2.24) is 19.1 Å². The number of aryl methyl sites for hydroxylation is 1. The van der Waals surface area contributed by atoms with Gasteiger partial charge in [0.05, 0.1) is 16.7 Å².